The molecule has 1 fully saturated rings. The van der Waals surface area contributed by atoms with Crippen molar-refractivity contribution in [3.8, 4) is 5.75 Å². The van der Waals surface area contributed by atoms with Gasteiger partial charge in [0.15, 0.2) is 0 Å². The summed E-state index contributed by atoms with van der Waals surface area (Å²) < 4.78 is 6.30. The molecule has 0 radical (unpaired) electrons. The predicted molar refractivity (Wildman–Crippen MR) is 103 cm³/mol. The van der Waals surface area contributed by atoms with Crippen LogP contribution >= 0.6 is 24.0 Å². The minimum atomic E-state index is 0. The van der Waals surface area contributed by atoms with E-state index in [-0.39, 0.29) is 18.5 Å². The van der Waals surface area contributed by atoms with Crippen LogP contribution in [0.4, 0.5) is 0 Å². The number of nitrogens with one attached hydrogen (secondary N) is 1. The first-order valence-corrected chi connectivity index (χ1v) is 8.84. The largest absolute Gasteiger partial charge is 0.490 e. The quantitative estimate of drug-likeness (QED) is 0.764. The van der Waals surface area contributed by atoms with Gasteiger partial charge in [0.25, 0.3) is 0 Å². The van der Waals surface area contributed by atoms with E-state index in [0.717, 1.165) is 42.6 Å². The standard InChI is InChI=1S/C20H24ClNO.ClH/c21-18-6-8-19(9-7-18)23-20(14-16-4-2-1-3-5-16)15-17-10-12-22-13-11-17;/h1-9,17,20,22H,10-15H2;1H. The number of hydrogen-bond acceptors (Lipinski definition) is 2. The van der Waals surface area contributed by atoms with Crippen LogP contribution in [0.15, 0.2) is 54.6 Å². The van der Waals surface area contributed by atoms with Crippen molar-refractivity contribution in [1.82, 2.24) is 5.32 Å². The third kappa shape index (κ3) is 6.01. The number of ether oxygens (including phenoxy) is 1. The molecule has 2 nitrogen and oxygen atoms in total. The smallest absolute Gasteiger partial charge is 0.119 e. The lowest BCUT2D eigenvalue weighted by Crippen LogP contribution is -2.32. The average Bonchev–Trinajstić information content (AvgIpc) is 2.59. The molecule has 1 saturated heterocycles. The Morgan fingerprint density at radius 1 is 1.00 bits per heavy atom. The summed E-state index contributed by atoms with van der Waals surface area (Å²) in [5.74, 6) is 1.65. The number of hydrogen-bond donors (Lipinski definition) is 1. The normalized spacial score (nSPS) is 16.2. The molecule has 130 valence electrons. The van der Waals surface area contributed by atoms with E-state index in [2.05, 4.69) is 35.6 Å². The zero-order chi connectivity index (χ0) is 15.9. The number of halogens is 2. The van der Waals surface area contributed by atoms with Gasteiger partial charge in [-0.15, -0.1) is 12.4 Å². The van der Waals surface area contributed by atoms with Crippen molar-refractivity contribution in [1.29, 1.82) is 0 Å². The molecular weight excluding hydrogens is 341 g/mol. The second-order valence-electron chi connectivity index (χ2n) is 6.31. The van der Waals surface area contributed by atoms with Crippen LogP contribution in [0, 0.1) is 5.92 Å². The van der Waals surface area contributed by atoms with E-state index in [4.69, 9.17) is 16.3 Å². The van der Waals surface area contributed by atoms with Crippen molar-refractivity contribution in [2.24, 2.45) is 5.92 Å². The topological polar surface area (TPSA) is 21.3 Å². The second kappa shape index (κ2) is 9.93. The summed E-state index contributed by atoms with van der Waals surface area (Å²) in [4.78, 5) is 0. The highest BCUT2D eigenvalue weighted by Crippen LogP contribution is 2.24. The van der Waals surface area contributed by atoms with E-state index in [0.29, 0.717) is 0 Å². The van der Waals surface area contributed by atoms with Gasteiger partial charge < -0.3 is 10.1 Å². The molecule has 2 aromatic carbocycles. The van der Waals surface area contributed by atoms with Crippen molar-refractivity contribution in [3.63, 3.8) is 0 Å². The van der Waals surface area contributed by atoms with Crippen molar-refractivity contribution in [2.75, 3.05) is 13.1 Å². The number of rotatable bonds is 6. The highest BCUT2D eigenvalue weighted by atomic mass is 35.5. The van der Waals surface area contributed by atoms with E-state index in [1.165, 1.54) is 18.4 Å². The third-order valence-electron chi connectivity index (χ3n) is 4.48. The minimum Gasteiger partial charge on any atom is -0.490 e. The fourth-order valence-corrected chi connectivity index (χ4v) is 3.37. The van der Waals surface area contributed by atoms with Crippen LogP contribution in [0.5, 0.6) is 5.75 Å². The SMILES string of the molecule is Cl.Clc1ccc(OC(Cc2ccccc2)CC2CCNCC2)cc1. The molecule has 2 aromatic rings. The summed E-state index contributed by atoms with van der Waals surface area (Å²) in [6.07, 6.45) is 4.76. The lowest BCUT2D eigenvalue weighted by atomic mass is 9.90. The lowest BCUT2D eigenvalue weighted by Gasteiger charge is -2.28. The highest BCUT2D eigenvalue weighted by molar-refractivity contribution is 6.30. The molecule has 0 saturated carbocycles. The van der Waals surface area contributed by atoms with Gasteiger partial charge in [0.1, 0.15) is 11.9 Å². The Hall–Kier alpha value is -1.22. The molecule has 0 aliphatic carbocycles. The molecule has 1 heterocycles. The van der Waals surface area contributed by atoms with Gasteiger partial charge >= 0.3 is 0 Å². The molecular formula is C20H25Cl2NO. The van der Waals surface area contributed by atoms with Gasteiger partial charge in [-0.2, -0.15) is 0 Å². The van der Waals surface area contributed by atoms with Crippen molar-refractivity contribution < 1.29 is 4.74 Å². The molecule has 0 amide bonds. The minimum absolute atomic E-state index is 0. The fourth-order valence-electron chi connectivity index (χ4n) is 3.24. The summed E-state index contributed by atoms with van der Waals surface area (Å²) in [5.41, 5.74) is 1.33. The first-order chi connectivity index (χ1) is 11.3. The van der Waals surface area contributed by atoms with Crippen LogP contribution in [0.1, 0.15) is 24.8 Å². The van der Waals surface area contributed by atoms with Gasteiger partial charge in [0.2, 0.25) is 0 Å². The maximum atomic E-state index is 6.30. The molecule has 0 bridgehead atoms. The predicted octanol–water partition coefficient (Wildman–Crippen LogP) is 5.14. The van der Waals surface area contributed by atoms with Gasteiger partial charge in [0.05, 0.1) is 0 Å². The van der Waals surface area contributed by atoms with E-state index in [9.17, 15) is 0 Å². The number of piperidine rings is 1. The Bertz CT molecular complexity index is 582. The van der Waals surface area contributed by atoms with E-state index < -0.39 is 0 Å². The van der Waals surface area contributed by atoms with Gasteiger partial charge in [0, 0.05) is 11.4 Å². The Labute approximate surface area is 156 Å². The van der Waals surface area contributed by atoms with Crippen LogP contribution in [0.3, 0.4) is 0 Å². The highest BCUT2D eigenvalue weighted by Gasteiger charge is 2.20. The summed E-state index contributed by atoms with van der Waals surface area (Å²) in [7, 11) is 0. The molecule has 1 unspecified atom stereocenters. The zero-order valence-electron chi connectivity index (χ0n) is 13.8. The Balaban J connectivity index is 0.00000208. The Morgan fingerprint density at radius 3 is 2.33 bits per heavy atom. The average molecular weight is 366 g/mol. The van der Waals surface area contributed by atoms with Gasteiger partial charge in [-0.05, 0) is 68.1 Å². The van der Waals surface area contributed by atoms with E-state index >= 15 is 0 Å². The van der Waals surface area contributed by atoms with Crippen molar-refractivity contribution in [3.05, 3.63) is 65.2 Å². The lowest BCUT2D eigenvalue weighted by molar-refractivity contribution is 0.155. The van der Waals surface area contributed by atoms with Crippen LogP contribution in [-0.4, -0.2) is 19.2 Å². The second-order valence-corrected chi connectivity index (χ2v) is 6.75. The third-order valence-corrected chi connectivity index (χ3v) is 4.73. The van der Waals surface area contributed by atoms with Crippen LogP contribution in [0.25, 0.3) is 0 Å². The monoisotopic (exact) mass is 365 g/mol. The Morgan fingerprint density at radius 2 is 1.67 bits per heavy atom. The first-order valence-electron chi connectivity index (χ1n) is 8.46. The molecule has 3 rings (SSSR count). The maximum Gasteiger partial charge on any atom is 0.119 e. The number of benzene rings is 2. The molecule has 24 heavy (non-hydrogen) atoms. The summed E-state index contributed by atoms with van der Waals surface area (Å²) in [6, 6.07) is 18.3. The molecule has 1 aliphatic rings. The molecule has 0 aromatic heterocycles. The summed E-state index contributed by atoms with van der Waals surface area (Å²) in [5, 5.41) is 4.18. The van der Waals surface area contributed by atoms with Crippen molar-refractivity contribution >= 4 is 24.0 Å². The van der Waals surface area contributed by atoms with Crippen LogP contribution < -0.4 is 10.1 Å². The first kappa shape index (κ1) is 19.1. The van der Waals surface area contributed by atoms with Gasteiger partial charge in [-0.25, -0.2) is 0 Å². The van der Waals surface area contributed by atoms with Gasteiger partial charge in [-0.3, -0.25) is 0 Å². The molecule has 1 N–H and O–H groups in total. The van der Waals surface area contributed by atoms with Crippen LogP contribution in [-0.2, 0) is 6.42 Å². The fraction of sp³-hybridized carbons (Fsp3) is 0.400. The van der Waals surface area contributed by atoms with E-state index in [1.807, 2.05) is 24.3 Å². The van der Waals surface area contributed by atoms with Crippen LogP contribution in [0.2, 0.25) is 5.02 Å². The zero-order valence-corrected chi connectivity index (χ0v) is 15.4. The molecule has 4 heteroatoms. The van der Waals surface area contributed by atoms with Crippen molar-refractivity contribution in [2.45, 2.75) is 31.8 Å². The molecule has 1 aliphatic heterocycles. The Kier molecular flexibility index (Phi) is 7.90. The molecule has 0 spiro atoms. The summed E-state index contributed by atoms with van der Waals surface area (Å²) >= 11 is 5.97. The summed E-state index contributed by atoms with van der Waals surface area (Å²) in [6.45, 7) is 2.26. The molecule has 1 atom stereocenters. The van der Waals surface area contributed by atoms with Gasteiger partial charge in [-0.1, -0.05) is 41.9 Å². The maximum absolute atomic E-state index is 6.30. The van der Waals surface area contributed by atoms with E-state index in [1.54, 1.807) is 0 Å².